The second-order valence-corrected chi connectivity index (χ2v) is 7.92. The lowest BCUT2D eigenvalue weighted by Crippen LogP contribution is -2.54. The van der Waals surface area contributed by atoms with Gasteiger partial charge in [-0.2, -0.15) is 0 Å². The van der Waals surface area contributed by atoms with Gasteiger partial charge in [-0.1, -0.05) is 18.2 Å². The van der Waals surface area contributed by atoms with Gasteiger partial charge < -0.3 is 19.7 Å². The second-order valence-electron chi connectivity index (χ2n) is 7.92. The molecule has 6 heteroatoms. The molecule has 0 spiro atoms. The standard InChI is InChI=1S/C21H28N2O4/c24-19(22-14-16-5-9-26-10-6-16)13-21(7-11-27-12-8-21)23-15-17-3-1-2-4-18(17)20(23)25/h1-4,16H,5-15H2,(H,22,24). The maximum absolute atomic E-state index is 13.0. The summed E-state index contributed by atoms with van der Waals surface area (Å²) >= 11 is 0. The topological polar surface area (TPSA) is 67.9 Å². The molecule has 0 atom stereocenters. The molecule has 6 nitrogen and oxygen atoms in total. The molecule has 3 heterocycles. The Hall–Kier alpha value is -1.92. The smallest absolute Gasteiger partial charge is 0.254 e. The first-order valence-electron chi connectivity index (χ1n) is 10.00. The number of fused-ring (bicyclic) bond motifs is 1. The van der Waals surface area contributed by atoms with Gasteiger partial charge in [-0.25, -0.2) is 0 Å². The summed E-state index contributed by atoms with van der Waals surface area (Å²) in [6.07, 6.45) is 3.76. The molecule has 0 saturated carbocycles. The monoisotopic (exact) mass is 372 g/mol. The van der Waals surface area contributed by atoms with Crippen molar-refractivity contribution in [3.63, 3.8) is 0 Å². The molecule has 3 aliphatic heterocycles. The molecule has 3 aliphatic rings. The Balaban J connectivity index is 1.44. The molecule has 1 N–H and O–H groups in total. The van der Waals surface area contributed by atoms with Gasteiger partial charge in [0.25, 0.3) is 5.91 Å². The van der Waals surface area contributed by atoms with E-state index in [2.05, 4.69) is 5.32 Å². The average molecular weight is 372 g/mol. The van der Waals surface area contributed by atoms with Gasteiger partial charge >= 0.3 is 0 Å². The zero-order valence-corrected chi connectivity index (χ0v) is 15.7. The van der Waals surface area contributed by atoms with Crippen molar-refractivity contribution in [1.29, 1.82) is 0 Å². The number of carbonyl (C=O) groups excluding carboxylic acids is 2. The van der Waals surface area contributed by atoms with E-state index in [-0.39, 0.29) is 11.8 Å². The van der Waals surface area contributed by atoms with Gasteiger partial charge in [0.2, 0.25) is 5.91 Å². The van der Waals surface area contributed by atoms with E-state index in [0.29, 0.717) is 51.5 Å². The van der Waals surface area contributed by atoms with Gasteiger partial charge in [0.05, 0.1) is 12.0 Å². The molecule has 4 rings (SSSR count). The average Bonchev–Trinajstić information content (AvgIpc) is 3.06. The Morgan fingerprint density at radius 2 is 1.81 bits per heavy atom. The highest BCUT2D eigenvalue weighted by atomic mass is 16.5. The highest BCUT2D eigenvalue weighted by molar-refractivity contribution is 5.99. The van der Waals surface area contributed by atoms with Crippen LogP contribution in [0.4, 0.5) is 0 Å². The summed E-state index contributed by atoms with van der Waals surface area (Å²) in [4.78, 5) is 27.7. The maximum Gasteiger partial charge on any atom is 0.254 e. The summed E-state index contributed by atoms with van der Waals surface area (Å²) in [6, 6.07) is 7.76. The third kappa shape index (κ3) is 3.87. The van der Waals surface area contributed by atoms with Crippen molar-refractivity contribution in [2.75, 3.05) is 33.0 Å². The van der Waals surface area contributed by atoms with Crippen molar-refractivity contribution in [3.05, 3.63) is 35.4 Å². The normalized spacial score (nSPS) is 22.5. The predicted molar refractivity (Wildman–Crippen MR) is 100 cm³/mol. The zero-order valence-electron chi connectivity index (χ0n) is 15.7. The van der Waals surface area contributed by atoms with E-state index in [0.717, 1.165) is 37.2 Å². The van der Waals surface area contributed by atoms with Gasteiger partial charge in [-0.3, -0.25) is 9.59 Å². The fourth-order valence-electron chi connectivity index (χ4n) is 4.50. The fraction of sp³-hybridized carbons (Fsp3) is 0.619. The Bertz CT molecular complexity index is 693. The van der Waals surface area contributed by atoms with Crippen LogP contribution in [0.1, 0.15) is 48.0 Å². The lowest BCUT2D eigenvalue weighted by Gasteiger charge is -2.44. The third-order valence-electron chi connectivity index (χ3n) is 6.24. The molecule has 1 aromatic rings. The zero-order chi connectivity index (χ0) is 18.7. The van der Waals surface area contributed by atoms with Crippen LogP contribution in [0.5, 0.6) is 0 Å². The van der Waals surface area contributed by atoms with E-state index in [4.69, 9.17) is 9.47 Å². The van der Waals surface area contributed by atoms with Crippen LogP contribution in [0.25, 0.3) is 0 Å². The van der Waals surface area contributed by atoms with E-state index in [9.17, 15) is 9.59 Å². The number of benzene rings is 1. The van der Waals surface area contributed by atoms with E-state index >= 15 is 0 Å². The highest BCUT2D eigenvalue weighted by Crippen LogP contribution is 2.38. The number of nitrogens with one attached hydrogen (secondary N) is 1. The van der Waals surface area contributed by atoms with Crippen LogP contribution in [0, 0.1) is 5.92 Å². The van der Waals surface area contributed by atoms with Crippen molar-refractivity contribution < 1.29 is 19.1 Å². The van der Waals surface area contributed by atoms with Crippen molar-refractivity contribution >= 4 is 11.8 Å². The number of rotatable bonds is 5. The number of hydrogen-bond acceptors (Lipinski definition) is 4. The summed E-state index contributed by atoms with van der Waals surface area (Å²) in [5, 5.41) is 3.11. The largest absolute Gasteiger partial charge is 0.381 e. The maximum atomic E-state index is 13.0. The Labute approximate surface area is 160 Å². The first-order chi connectivity index (χ1) is 13.2. The van der Waals surface area contributed by atoms with Gasteiger partial charge in [-0.05, 0) is 43.2 Å². The Morgan fingerprint density at radius 3 is 2.56 bits per heavy atom. The highest BCUT2D eigenvalue weighted by Gasteiger charge is 2.46. The van der Waals surface area contributed by atoms with E-state index in [1.165, 1.54) is 0 Å². The first-order valence-corrected chi connectivity index (χ1v) is 10.00. The van der Waals surface area contributed by atoms with Gasteiger partial charge in [-0.15, -0.1) is 0 Å². The minimum absolute atomic E-state index is 0.0344. The predicted octanol–water partition coefficient (Wildman–Crippen LogP) is 2.12. The number of ether oxygens (including phenoxy) is 2. The summed E-state index contributed by atoms with van der Waals surface area (Å²) in [6.45, 7) is 4.02. The molecule has 0 aromatic heterocycles. The summed E-state index contributed by atoms with van der Waals surface area (Å²) in [7, 11) is 0. The van der Waals surface area contributed by atoms with Gasteiger partial charge in [0.1, 0.15) is 0 Å². The number of carbonyl (C=O) groups is 2. The van der Waals surface area contributed by atoms with Crippen LogP contribution in [-0.4, -0.2) is 55.2 Å². The molecule has 0 aliphatic carbocycles. The van der Waals surface area contributed by atoms with Crippen molar-refractivity contribution in [1.82, 2.24) is 10.2 Å². The van der Waals surface area contributed by atoms with Crippen LogP contribution in [0.2, 0.25) is 0 Å². The molecule has 2 fully saturated rings. The molecule has 1 aromatic carbocycles. The van der Waals surface area contributed by atoms with Crippen LogP contribution < -0.4 is 5.32 Å². The van der Waals surface area contributed by atoms with Crippen LogP contribution in [-0.2, 0) is 20.8 Å². The lowest BCUT2D eigenvalue weighted by atomic mass is 9.84. The Kier molecular flexibility index (Phi) is 5.45. The van der Waals surface area contributed by atoms with Crippen molar-refractivity contribution in [2.45, 2.75) is 44.2 Å². The van der Waals surface area contributed by atoms with Crippen molar-refractivity contribution in [3.8, 4) is 0 Å². The fourth-order valence-corrected chi connectivity index (χ4v) is 4.50. The Morgan fingerprint density at radius 1 is 1.11 bits per heavy atom. The molecule has 2 saturated heterocycles. The van der Waals surface area contributed by atoms with Gasteiger partial charge in [0, 0.05) is 45.1 Å². The number of amides is 2. The SMILES string of the molecule is O=C(CC1(N2Cc3ccccc3C2=O)CCOCC1)NCC1CCOCC1. The third-order valence-corrected chi connectivity index (χ3v) is 6.24. The molecule has 146 valence electrons. The van der Waals surface area contributed by atoms with Crippen LogP contribution >= 0.6 is 0 Å². The van der Waals surface area contributed by atoms with E-state index in [1.54, 1.807) is 0 Å². The minimum Gasteiger partial charge on any atom is -0.381 e. The van der Waals surface area contributed by atoms with Crippen molar-refractivity contribution in [2.24, 2.45) is 5.92 Å². The van der Waals surface area contributed by atoms with Gasteiger partial charge in [0.15, 0.2) is 0 Å². The van der Waals surface area contributed by atoms with Crippen LogP contribution in [0.3, 0.4) is 0 Å². The molecular weight excluding hydrogens is 344 g/mol. The summed E-state index contributed by atoms with van der Waals surface area (Å²) < 4.78 is 10.9. The first kappa shape index (κ1) is 18.4. The molecule has 2 amide bonds. The molecule has 27 heavy (non-hydrogen) atoms. The number of hydrogen-bond donors (Lipinski definition) is 1. The molecule has 0 unspecified atom stereocenters. The number of nitrogens with zero attached hydrogens (tertiary/aromatic N) is 1. The minimum atomic E-state index is -0.450. The quantitative estimate of drug-likeness (QED) is 0.860. The summed E-state index contributed by atoms with van der Waals surface area (Å²) in [5.41, 5.74) is 1.37. The van der Waals surface area contributed by atoms with E-state index in [1.807, 2.05) is 29.2 Å². The van der Waals surface area contributed by atoms with E-state index < -0.39 is 5.54 Å². The van der Waals surface area contributed by atoms with Crippen LogP contribution in [0.15, 0.2) is 24.3 Å². The lowest BCUT2D eigenvalue weighted by molar-refractivity contribution is -0.126. The molecular formula is C21H28N2O4. The molecule has 0 bridgehead atoms. The second kappa shape index (κ2) is 7.98. The molecule has 0 radical (unpaired) electrons. The summed E-state index contributed by atoms with van der Waals surface area (Å²) in [5.74, 6) is 0.572.